The van der Waals surface area contributed by atoms with Crippen LogP contribution in [0.5, 0.6) is 0 Å². The molecule has 64 valence electrons. The standard InChI is InChI=1S/C6H8Cl2O3/c1-2-11-6(10)4(9)3-5(7)8/h5H,2-3H2,1H3. The van der Waals surface area contributed by atoms with Crippen LogP contribution in [0.15, 0.2) is 0 Å². The van der Waals surface area contributed by atoms with E-state index in [2.05, 4.69) is 4.74 Å². The van der Waals surface area contributed by atoms with Crippen LogP contribution in [-0.4, -0.2) is 23.2 Å². The molecule has 0 aliphatic rings. The summed E-state index contributed by atoms with van der Waals surface area (Å²) in [6.45, 7) is 1.80. The third kappa shape index (κ3) is 5.04. The molecule has 0 spiro atoms. The minimum absolute atomic E-state index is 0.180. The summed E-state index contributed by atoms with van der Waals surface area (Å²) in [6.07, 6.45) is -0.193. The van der Waals surface area contributed by atoms with Gasteiger partial charge in [-0.15, -0.1) is 23.2 Å². The summed E-state index contributed by atoms with van der Waals surface area (Å²) in [5.41, 5.74) is 0. The van der Waals surface area contributed by atoms with Crippen LogP contribution in [0.1, 0.15) is 13.3 Å². The van der Waals surface area contributed by atoms with Crippen molar-refractivity contribution < 1.29 is 14.3 Å². The van der Waals surface area contributed by atoms with E-state index in [0.717, 1.165) is 0 Å². The highest BCUT2D eigenvalue weighted by Gasteiger charge is 2.17. The van der Waals surface area contributed by atoms with Gasteiger partial charge in [-0.05, 0) is 6.92 Å². The fourth-order valence-electron chi connectivity index (χ4n) is 0.435. The molecule has 0 N–H and O–H groups in total. The molecule has 5 heteroatoms. The van der Waals surface area contributed by atoms with Gasteiger partial charge in [-0.2, -0.15) is 0 Å². The van der Waals surface area contributed by atoms with Gasteiger partial charge in [0.2, 0.25) is 5.78 Å². The lowest BCUT2D eigenvalue weighted by atomic mass is 10.3. The molecule has 0 unspecified atom stereocenters. The predicted molar refractivity (Wildman–Crippen MR) is 41.8 cm³/mol. The summed E-state index contributed by atoms with van der Waals surface area (Å²) in [6, 6.07) is 0. The maximum absolute atomic E-state index is 10.7. The minimum Gasteiger partial charge on any atom is -0.460 e. The third-order valence-electron chi connectivity index (χ3n) is 0.843. The molecule has 0 atom stereocenters. The number of ketones is 1. The van der Waals surface area contributed by atoms with Crippen molar-refractivity contribution >= 4 is 35.0 Å². The quantitative estimate of drug-likeness (QED) is 0.389. The highest BCUT2D eigenvalue weighted by Crippen LogP contribution is 2.07. The molecule has 0 radical (unpaired) electrons. The zero-order valence-electron chi connectivity index (χ0n) is 5.97. The summed E-state index contributed by atoms with van der Waals surface area (Å²) in [4.78, 5) is 20.4. The molecular formula is C6H8Cl2O3. The van der Waals surface area contributed by atoms with Crippen molar-refractivity contribution in [3.63, 3.8) is 0 Å². The number of rotatable bonds is 4. The first kappa shape index (κ1) is 10.7. The van der Waals surface area contributed by atoms with Crippen molar-refractivity contribution in [1.82, 2.24) is 0 Å². The SMILES string of the molecule is CCOC(=O)C(=O)CC(Cl)Cl. The number of halogens is 2. The molecule has 0 aliphatic carbocycles. The molecule has 0 saturated carbocycles. The van der Waals surface area contributed by atoms with Gasteiger partial charge < -0.3 is 4.74 Å². The Balaban J connectivity index is 3.74. The number of alkyl halides is 2. The van der Waals surface area contributed by atoms with E-state index in [1.807, 2.05) is 0 Å². The zero-order chi connectivity index (χ0) is 8.85. The Morgan fingerprint density at radius 3 is 2.36 bits per heavy atom. The van der Waals surface area contributed by atoms with Gasteiger partial charge in [0.25, 0.3) is 0 Å². The van der Waals surface area contributed by atoms with Gasteiger partial charge in [-0.1, -0.05) is 0 Å². The Hall–Kier alpha value is -0.280. The Morgan fingerprint density at radius 2 is 2.00 bits per heavy atom. The Bertz CT molecular complexity index is 156. The lowest BCUT2D eigenvalue weighted by Crippen LogP contribution is -2.18. The van der Waals surface area contributed by atoms with E-state index in [4.69, 9.17) is 23.2 Å². The fraction of sp³-hybridized carbons (Fsp3) is 0.667. The predicted octanol–water partition coefficient (Wildman–Crippen LogP) is 1.31. The van der Waals surface area contributed by atoms with E-state index in [-0.39, 0.29) is 13.0 Å². The lowest BCUT2D eigenvalue weighted by molar-refractivity contribution is -0.153. The molecule has 11 heavy (non-hydrogen) atoms. The van der Waals surface area contributed by atoms with Crippen molar-refractivity contribution in [2.24, 2.45) is 0 Å². The largest absolute Gasteiger partial charge is 0.460 e. The number of carbonyl (C=O) groups is 2. The average molecular weight is 199 g/mol. The van der Waals surface area contributed by atoms with Gasteiger partial charge in [0.05, 0.1) is 6.61 Å². The average Bonchev–Trinajstić information content (AvgIpc) is 1.86. The van der Waals surface area contributed by atoms with Gasteiger partial charge in [0.1, 0.15) is 4.84 Å². The number of Topliss-reactive ketones (excluding diaryl/α,β-unsaturated/α-hetero) is 1. The fourth-order valence-corrected chi connectivity index (χ4v) is 0.715. The van der Waals surface area contributed by atoms with Crippen LogP contribution in [0, 0.1) is 0 Å². The molecule has 0 aliphatic heterocycles. The Morgan fingerprint density at radius 1 is 1.45 bits per heavy atom. The normalized spacial score (nSPS) is 9.82. The number of ether oxygens (including phenoxy) is 1. The van der Waals surface area contributed by atoms with Crippen LogP contribution in [0.4, 0.5) is 0 Å². The lowest BCUT2D eigenvalue weighted by Gasteiger charge is -1.99. The van der Waals surface area contributed by atoms with E-state index in [9.17, 15) is 9.59 Å². The number of carbonyl (C=O) groups excluding carboxylic acids is 2. The van der Waals surface area contributed by atoms with E-state index < -0.39 is 16.6 Å². The highest BCUT2D eigenvalue weighted by molar-refractivity contribution is 6.47. The number of esters is 1. The van der Waals surface area contributed by atoms with E-state index >= 15 is 0 Å². The Labute approximate surface area is 74.6 Å². The minimum atomic E-state index is -0.876. The third-order valence-corrected chi connectivity index (χ3v) is 1.15. The maximum Gasteiger partial charge on any atom is 0.374 e. The molecule has 3 nitrogen and oxygen atoms in total. The van der Waals surface area contributed by atoms with Crippen LogP contribution >= 0.6 is 23.2 Å². The Kier molecular flexibility index (Phi) is 5.24. The first-order valence-electron chi connectivity index (χ1n) is 3.06. The second-order valence-corrected chi connectivity index (χ2v) is 3.02. The van der Waals surface area contributed by atoms with E-state index in [1.54, 1.807) is 6.92 Å². The van der Waals surface area contributed by atoms with Gasteiger partial charge in [0, 0.05) is 6.42 Å². The molecule has 0 amide bonds. The van der Waals surface area contributed by atoms with Crippen molar-refractivity contribution in [1.29, 1.82) is 0 Å². The second-order valence-electron chi connectivity index (χ2n) is 1.74. The second kappa shape index (κ2) is 5.38. The van der Waals surface area contributed by atoms with Gasteiger partial charge >= 0.3 is 5.97 Å². The highest BCUT2D eigenvalue weighted by atomic mass is 35.5. The summed E-state index contributed by atoms with van der Waals surface area (Å²) in [5, 5.41) is 0. The maximum atomic E-state index is 10.7. The van der Waals surface area contributed by atoms with E-state index in [0.29, 0.717) is 0 Å². The topological polar surface area (TPSA) is 43.4 Å². The monoisotopic (exact) mass is 198 g/mol. The summed E-state index contributed by atoms with van der Waals surface area (Å²) in [5.74, 6) is -1.57. The first-order valence-corrected chi connectivity index (χ1v) is 3.93. The smallest absolute Gasteiger partial charge is 0.374 e. The van der Waals surface area contributed by atoms with Gasteiger partial charge in [-0.3, -0.25) is 4.79 Å². The summed E-state index contributed by atoms with van der Waals surface area (Å²) >= 11 is 10.5. The number of hydrogen-bond acceptors (Lipinski definition) is 3. The first-order chi connectivity index (χ1) is 5.07. The van der Waals surface area contributed by atoms with E-state index in [1.165, 1.54) is 0 Å². The van der Waals surface area contributed by atoms with Crippen LogP contribution in [-0.2, 0) is 14.3 Å². The van der Waals surface area contributed by atoms with Gasteiger partial charge in [0.15, 0.2) is 0 Å². The molecule has 0 rings (SSSR count). The zero-order valence-corrected chi connectivity index (χ0v) is 7.48. The molecule has 0 aromatic rings. The van der Waals surface area contributed by atoms with Crippen LogP contribution in [0.25, 0.3) is 0 Å². The molecule has 0 fully saturated rings. The van der Waals surface area contributed by atoms with Gasteiger partial charge in [-0.25, -0.2) is 4.79 Å². The summed E-state index contributed by atoms with van der Waals surface area (Å²) in [7, 11) is 0. The molecule has 0 bridgehead atoms. The molecular weight excluding hydrogens is 191 g/mol. The van der Waals surface area contributed by atoms with Crippen LogP contribution in [0.3, 0.4) is 0 Å². The number of hydrogen-bond donors (Lipinski definition) is 0. The van der Waals surface area contributed by atoms with Crippen molar-refractivity contribution in [2.75, 3.05) is 6.61 Å². The summed E-state index contributed by atoms with van der Waals surface area (Å²) < 4.78 is 4.40. The molecule has 0 aromatic heterocycles. The molecule has 0 heterocycles. The van der Waals surface area contributed by atoms with Crippen molar-refractivity contribution in [3.8, 4) is 0 Å². The molecule has 0 saturated heterocycles. The van der Waals surface area contributed by atoms with Crippen molar-refractivity contribution in [2.45, 2.75) is 18.2 Å². The molecule has 0 aromatic carbocycles. The van der Waals surface area contributed by atoms with Crippen LogP contribution < -0.4 is 0 Å². The van der Waals surface area contributed by atoms with Crippen LogP contribution in [0.2, 0.25) is 0 Å². The van der Waals surface area contributed by atoms with Crippen molar-refractivity contribution in [3.05, 3.63) is 0 Å².